The molecule has 0 aliphatic carbocycles. The van der Waals surface area contributed by atoms with Crippen LogP contribution in [0.3, 0.4) is 0 Å². The molecule has 112 valence electrons. The van der Waals surface area contributed by atoms with Gasteiger partial charge in [0.05, 0.1) is 25.0 Å². The Labute approximate surface area is 119 Å². The number of anilines is 1. The highest BCUT2D eigenvalue weighted by Crippen LogP contribution is 2.20. The fraction of sp³-hybridized carbons (Fsp3) is 0.714. The molecule has 1 saturated heterocycles. The van der Waals surface area contributed by atoms with E-state index in [4.69, 9.17) is 10.5 Å². The topological polar surface area (TPSA) is 73.4 Å². The minimum Gasteiger partial charge on any atom is -0.383 e. The Morgan fingerprint density at radius 1 is 1.60 bits per heavy atom. The van der Waals surface area contributed by atoms with Gasteiger partial charge in [0.15, 0.2) is 0 Å². The van der Waals surface area contributed by atoms with Gasteiger partial charge in [0.2, 0.25) is 0 Å². The van der Waals surface area contributed by atoms with Crippen molar-refractivity contribution >= 4 is 5.69 Å². The Hall–Kier alpha value is -1.40. The molecule has 0 radical (unpaired) electrons. The van der Waals surface area contributed by atoms with Crippen LogP contribution in [0.4, 0.5) is 5.69 Å². The summed E-state index contributed by atoms with van der Waals surface area (Å²) in [4.78, 5) is 14.3. The molecule has 1 aromatic rings. The van der Waals surface area contributed by atoms with Gasteiger partial charge in [-0.3, -0.25) is 4.79 Å². The highest BCUT2D eigenvalue weighted by atomic mass is 16.5. The van der Waals surface area contributed by atoms with E-state index in [1.807, 2.05) is 0 Å². The SMILES string of the molecule is COCC(N)Cn1ncc(N2CCCC(C)C2)cc1=O. The average Bonchev–Trinajstić information content (AvgIpc) is 2.41. The monoisotopic (exact) mass is 280 g/mol. The first-order chi connectivity index (χ1) is 9.60. The standard InChI is InChI=1S/C14H24N4O2/c1-11-4-3-5-17(8-11)13-6-14(19)18(16-7-13)9-12(15)10-20-2/h6-7,11-12H,3-5,8-10,15H2,1-2H3. The Morgan fingerprint density at radius 3 is 3.05 bits per heavy atom. The molecule has 2 unspecified atom stereocenters. The lowest BCUT2D eigenvalue weighted by molar-refractivity contribution is 0.171. The fourth-order valence-corrected chi connectivity index (χ4v) is 2.65. The summed E-state index contributed by atoms with van der Waals surface area (Å²) in [6, 6.07) is 1.44. The van der Waals surface area contributed by atoms with Crippen molar-refractivity contribution in [3.05, 3.63) is 22.6 Å². The highest BCUT2D eigenvalue weighted by Gasteiger charge is 2.17. The second-order valence-electron chi connectivity index (χ2n) is 5.64. The first-order valence-corrected chi connectivity index (χ1v) is 7.16. The number of nitrogens with zero attached hydrogens (tertiary/aromatic N) is 3. The van der Waals surface area contributed by atoms with Crippen molar-refractivity contribution < 1.29 is 4.74 Å². The lowest BCUT2D eigenvalue weighted by Crippen LogP contribution is -2.38. The summed E-state index contributed by atoms with van der Waals surface area (Å²) in [5.74, 6) is 0.668. The molecular formula is C14H24N4O2. The molecule has 0 amide bonds. The third kappa shape index (κ3) is 3.80. The molecular weight excluding hydrogens is 256 g/mol. The Bertz CT molecular complexity index is 488. The van der Waals surface area contributed by atoms with Gasteiger partial charge in [-0.15, -0.1) is 0 Å². The van der Waals surface area contributed by atoms with E-state index in [1.54, 1.807) is 19.4 Å². The third-order valence-corrected chi connectivity index (χ3v) is 3.67. The summed E-state index contributed by atoms with van der Waals surface area (Å²) in [6.07, 6.45) is 4.19. The molecule has 1 fully saturated rings. The summed E-state index contributed by atoms with van der Waals surface area (Å²) in [5, 5.41) is 4.23. The van der Waals surface area contributed by atoms with E-state index in [2.05, 4.69) is 16.9 Å². The normalized spacial score (nSPS) is 20.9. The Morgan fingerprint density at radius 2 is 2.40 bits per heavy atom. The predicted molar refractivity (Wildman–Crippen MR) is 79.0 cm³/mol. The molecule has 0 bridgehead atoms. The number of ether oxygens (including phenoxy) is 1. The second-order valence-corrected chi connectivity index (χ2v) is 5.64. The summed E-state index contributed by atoms with van der Waals surface area (Å²) in [5.41, 5.74) is 6.66. The van der Waals surface area contributed by atoms with Gasteiger partial charge in [-0.2, -0.15) is 5.10 Å². The van der Waals surface area contributed by atoms with E-state index in [-0.39, 0.29) is 11.6 Å². The van der Waals surface area contributed by atoms with E-state index in [0.29, 0.717) is 19.1 Å². The maximum absolute atomic E-state index is 12.1. The number of methoxy groups -OCH3 is 1. The first kappa shape index (κ1) is 15.0. The van der Waals surface area contributed by atoms with Crippen LogP contribution in [0.25, 0.3) is 0 Å². The van der Waals surface area contributed by atoms with Crippen LogP contribution in [0.1, 0.15) is 19.8 Å². The molecule has 0 saturated carbocycles. The van der Waals surface area contributed by atoms with Crippen LogP contribution in [0.15, 0.2) is 17.1 Å². The molecule has 2 rings (SSSR count). The first-order valence-electron chi connectivity index (χ1n) is 7.16. The molecule has 1 aliphatic rings. The van der Waals surface area contributed by atoms with Crippen molar-refractivity contribution in [2.45, 2.75) is 32.4 Å². The lowest BCUT2D eigenvalue weighted by atomic mass is 10.00. The zero-order valence-corrected chi connectivity index (χ0v) is 12.3. The maximum Gasteiger partial charge on any atom is 0.268 e. The van der Waals surface area contributed by atoms with Crippen LogP contribution in [0, 0.1) is 5.92 Å². The van der Waals surface area contributed by atoms with Crippen LogP contribution in [0.2, 0.25) is 0 Å². The Balaban J connectivity index is 2.07. The van der Waals surface area contributed by atoms with Crippen LogP contribution in [-0.2, 0) is 11.3 Å². The number of hydrogen-bond acceptors (Lipinski definition) is 5. The highest BCUT2D eigenvalue weighted by molar-refractivity contribution is 5.43. The number of nitrogens with two attached hydrogens (primary N) is 1. The van der Waals surface area contributed by atoms with Gasteiger partial charge in [0, 0.05) is 32.3 Å². The van der Waals surface area contributed by atoms with Crippen molar-refractivity contribution in [3.8, 4) is 0 Å². The molecule has 6 nitrogen and oxygen atoms in total. The van der Waals surface area contributed by atoms with E-state index < -0.39 is 0 Å². The van der Waals surface area contributed by atoms with Gasteiger partial charge in [0.1, 0.15) is 0 Å². The summed E-state index contributed by atoms with van der Waals surface area (Å²) in [7, 11) is 1.59. The zero-order valence-electron chi connectivity index (χ0n) is 12.3. The van der Waals surface area contributed by atoms with E-state index in [0.717, 1.165) is 18.8 Å². The van der Waals surface area contributed by atoms with Gasteiger partial charge in [0.25, 0.3) is 5.56 Å². The number of piperidine rings is 1. The molecule has 2 N–H and O–H groups in total. The summed E-state index contributed by atoms with van der Waals surface area (Å²) < 4.78 is 6.37. The van der Waals surface area contributed by atoms with Crippen LogP contribution in [0.5, 0.6) is 0 Å². The van der Waals surface area contributed by atoms with Crippen LogP contribution < -0.4 is 16.2 Å². The number of aromatic nitrogens is 2. The van der Waals surface area contributed by atoms with Gasteiger partial charge in [-0.25, -0.2) is 4.68 Å². The number of rotatable bonds is 5. The average molecular weight is 280 g/mol. The van der Waals surface area contributed by atoms with Crippen LogP contribution >= 0.6 is 0 Å². The van der Waals surface area contributed by atoms with Crippen LogP contribution in [-0.4, -0.2) is 42.6 Å². The maximum atomic E-state index is 12.1. The molecule has 1 aromatic heterocycles. The van der Waals surface area contributed by atoms with E-state index >= 15 is 0 Å². The molecule has 2 heterocycles. The lowest BCUT2D eigenvalue weighted by Gasteiger charge is -2.32. The van der Waals surface area contributed by atoms with Crippen molar-refractivity contribution in [3.63, 3.8) is 0 Å². The van der Waals surface area contributed by atoms with Crippen molar-refractivity contribution in [2.24, 2.45) is 11.7 Å². The molecule has 0 spiro atoms. The Kier molecular flexibility index (Phi) is 5.14. The minimum atomic E-state index is -0.217. The zero-order chi connectivity index (χ0) is 14.5. The smallest absolute Gasteiger partial charge is 0.268 e. The van der Waals surface area contributed by atoms with Gasteiger partial charge in [-0.05, 0) is 18.8 Å². The quantitative estimate of drug-likeness (QED) is 0.848. The number of hydrogen-bond donors (Lipinski definition) is 1. The third-order valence-electron chi connectivity index (χ3n) is 3.67. The van der Waals surface area contributed by atoms with Crippen molar-refractivity contribution in [1.82, 2.24) is 9.78 Å². The largest absolute Gasteiger partial charge is 0.383 e. The summed E-state index contributed by atoms with van der Waals surface area (Å²) in [6.45, 7) is 5.03. The van der Waals surface area contributed by atoms with E-state index in [9.17, 15) is 4.79 Å². The van der Waals surface area contributed by atoms with Gasteiger partial charge in [-0.1, -0.05) is 6.92 Å². The molecule has 20 heavy (non-hydrogen) atoms. The predicted octanol–water partition coefficient (Wildman–Crippen LogP) is 0.453. The van der Waals surface area contributed by atoms with E-state index in [1.165, 1.54) is 17.5 Å². The molecule has 0 aromatic carbocycles. The molecule has 1 aliphatic heterocycles. The summed E-state index contributed by atoms with van der Waals surface area (Å²) >= 11 is 0. The molecule has 2 atom stereocenters. The molecule has 6 heteroatoms. The van der Waals surface area contributed by atoms with Crippen molar-refractivity contribution in [2.75, 3.05) is 31.7 Å². The minimum absolute atomic E-state index is 0.104. The van der Waals surface area contributed by atoms with Gasteiger partial charge >= 0.3 is 0 Å². The second kappa shape index (κ2) is 6.85. The van der Waals surface area contributed by atoms with Gasteiger partial charge < -0.3 is 15.4 Å². The van der Waals surface area contributed by atoms with Crippen molar-refractivity contribution in [1.29, 1.82) is 0 Å². The fourth-order valence-electron chi connectivity index (χ4n) is 2.65.